The highest BCUT2D eigenvalue weighted by molar-refractivity contribution is 5.79. The Morgan fingerprint density at radius 3 is 3.25 bits per heavy atom. The highest BCUT2D eigenvalue weighted by Crippen LogP contribution is 2.13. The van der Waals surface area contributed by atoms with Crippen molar-refractivity contribution in [3.63, 3.8) is 0 Å². The van der Waals surface area contributed by atoms with E-state index in [-0.39, 0.29) is 11.8 Å². The molecular formula is C12H20N2O2. The zero-order valence-electron chi connectivity index (χ0n) is 9.63. The Morgan fingerprint density at radius 2 is 2.56 bits per heavy atom. The lowest BCUT2D eigenvalue weighted by Crippen LogP contribution is -2.37. The van der Waals surface area contributed by atoms with Gasteiger partial charge in [0.1, 0.15) is 0 Å². The summed E-state index contributed by atoms with van der Waals surface area (Å²) in [7, 11) is 0. The third-order valence-electron chi connectivity index (χ3n) is 3.18. The average molecular weight is 224 g/mol. The molecule has 0 aromatic heterocycles. The van der Waals surface area contributed by atoms with Gasteiger partial charge in [-0.3, -0.25) is 4.79 Å². The molecule has 1 unspecified atom stereocenters. The zero-order valence-corrected chi connectivity index (χ0v) is 9.63. The molecule has 1 amide bonds. The van der Waals surface area contributed by atoms with Crippen LogP contribution in [0.3, 0.4) is 0 Å². The predicted octanol–water partition coefficient (Wildman–Crippen LogP) is 0.449. The highest BCUT2D eigenvalue weighted by Gasteiger charge is 2.21. The molecule has 2 rings (SSSR count). The van der Waals surface area contributed by atoms with E-state index in [4.69, 9.17) is 4.74 Å². The van der Waals surface area contributed by atoms with Crippen molar-refractivity contribution in [1.29, 1.82) is 0 Å². The molecule has 0 aliphatic carbocycles. The van der Waals surface area contributed by atoms with Gasteiger partial charge in [0.25, 0.3) is 0 Å². The van der Waals surface area contributed by atoms with Gasteiger partial charge in [-0.25, -0.2) is 0 Å². The summed E-state index contributed by atoms with van der Waals surface area (Å²) in [4.78, 5) is 11.8. The monoisotopic (exact) mass is 224 g/mol. The van der Waals surface area contributed by atoms with Crippen LogP contribution in [0.15, 0.2) is 11.6 Å². The molecule has 4 heteroatoms. The first-order valence-corrected chi connectivity index (χ1v) is 6.10. The number of ether oxygens (including phenoxy) is 1. The first-order valence-electron chi connectivity index (χ1n) is 6.10. The van der Waals surface area contributed by atoms with E-state index in [0.29, 0.717) is 13.2 Å². The van der Waals surface area contributed by atoms with E-state index in [9.17, 15) is 4.79 Å². The molecule has 2 N–H and O–H groups in total. The van der Waals surface area contributed by atoms with Gasteiger partial charge in [0, 0.05) is 19.7 Å². The second-order valence-electron chi connectivity index (χ2n) is 4.45. The van der Waals surface area contributed by atoms with Crippen LogP contribution in [0.2, 0.25) is 0 Å². The maximum absolute atomic E-state index is 11.8. The van der Waals surface area contributed by atoms with Crippen LogP contribution in [0, 0.1) is 5.92 Å². The average Bonchev–Trinajstić information content (AvgIpc) is 2.38. The molecule has 1 fully saturated rings. The second-order valence-corrected chi connectivity index (χ2v) is 4.45. The SMILES string of the molecule is O=C(NCC1=CCNCC1)C1CCCOC1. The summed E-state index contributed by atoms with van der Waals surface area (Å²) in [5.74, 6) is 0.218. The first kappa shape index (κ1) is 11.6. The van der Waals surface area contributed by atoms with Crippen molar-refractivity contribution >= 4 is 5.91 Å². The molecule has 0 aromatic carbocycles. The van der Waals surface area contributed by atoms with E-state index in [2.05, 4.69) is 16.7 Å². The van der Waals surface area contributed by atoms with Crippen molar-refractivity contribution in [3.8, 4) is 0 Å². The van der Waals surface area contributed by atoms with Crippen LogP contribution in [-0.2, 0) is 9.53 Å². The van der Waals surface area contributed by atoms with Crippen molar-refractivity contribution < 1.29 is 9.53 Å². The van der Waals surface area contributed by atoms with Crippen LogP contribution < -0.4 is 10.6 Å². The Morgan fingerprint density at radius 1 is 1.62 bits per heavy atom. The minimum Gasteiger partial charge on any atom is -0.381 e. The Balaban J connectivity index is 1.72. The minimum absolute atomic E-state index is 0.0658. The molecule has 2 heterocycles. The Labute approximate surface area is 96.4 Å². The van der Waals surface area contributed by atoms with Gasteiger partial charge < -0.3 is 15.4 Å². The topological polar surface area (TPSA) is 50.4 Å². The quantitative estimate of drug-likeness (QED) is 0.684. The highest BCUT2D eigenvalue weighted by atomic mass is 16.5. The summed E-state index contributed by atoms with van der Waals surface area (Å²) in [6.45, 7) is 4.05. The zero-order chi connectivity index (χ0) is 11.2. The second kappa shape index (κ2) is 6.01. The van der Waals surface area contributed by atoms with Gasteiger partial charge in [0.15, 0.2) is 0 Å². The number of hydrogen-bond acceptors (Lipinski definition) is 3. The maximum atomic E-state index is 11.8. The lowest BCUT2D eigenvalue weighted by Gasteiger charge is -2.22. The summed E-state index contributed by atoms with van der Waals surface area (Å²) >= 11 is 0. The minimum atomic E-state index is 0.0658. The van der Waals surface area contributed by atoms with Crippen LogP contribution in [0.1, 0.15) is 19.3 Å². The Hall–Kier alpha value is -0.870. The third-order valence-corrected chi connectivity index (χ3v) is 3.18. The fourth-order valence-corrected chi connectivity index (χ4v) is 2.12. The molecular weight excluding hydrogens is 204 g/mol. The van der Waals surface area contributed by atoms with Crippen LogP contribution in [0.25, 0.3) is 0 Å². The largest absolute Gasteiger partial charge is 0.381 e. The summed E-state index contributed by atoms with van der Waals surface area (Å²) in [5, 5.41) is 6.26. The van der Waals surface area contributed by atoms with Crippen LogP contribution >= 0.6 is 0 Å². The van der Waals surface area contributed by atoms with E-state index >= 15 is 0 Å². The van der Waals surface area contributed by atoms with Crippen molar-refractivity contribution in [2.75, 3.05) is 32.8 Å². The first-order chi connectivity index (χ1) is 7.86. The van der Waals surface area contributed by atoms with Crippen LogP contribution in [-0.4, -0.2) is 38.8 Å². The molecule has 4 nitrogen and oxygen atoms in total. The molecule has 1 saturated heterocycles. The molecule has 1 atom stereocenters. The predicted molar refractivity (Wildman–Crippen MR) is 62.1 cm³/mol. The molecule has 0 bridgehead atoms. The summed E-state index contributed by atoms with van der Waals surface area (Å²) < 4.78 is 5.31. The van der Waals surface area contributed by atoms with Gasteiger partial charge in [-0.15, -0.1) is 0 Å². The van der Waals surface area contributed by atoms with Gasteiger partial charge in [-0.1, -0.05) is 11.6 Å². The summed E-state index contributed by atoms with van der Waals surface area (Å²) in [6, 6.07) is 0. The standard InChI is InChI=1S/C12H20N2O2/c15-12(11-2-1-7-16-9-11)14-8-10-3-5-13-6-4-10/h3,11,13H,1-2,4-9H2,(H,14,15). The van der Waals surface area contributed by atoms with E-state index in [1.54, 1.807) is 0 Å². The van der Waals surface area contributed by atoms with Gasteiger partial charge in [-0.2, -0.15) is 0 Å². The number of amides is 1. The van der Waals surface area contributed by atoms with Crippen LogP contribution in [0.4, 0.5) is 0 Å². The Kier molecular flexibility index (Phi) is 4.36. The van der Waals surface area contributed by atoms with Gasteiger partial charge >= 0.3 is 0 Å². The summed E-state index contributed by atoms with van der Waals surface area (Å²) in [5.41, 5.74) is 1.34. The van der Waals surface area contributed by atoms with E-state index in [1.807, 2.05) is 0 Å². The lowest BCUT2D eigenvalue weighted by molar-refractivity contribution is -0.128. The Bertz CT molecular complexity index is 270. The molecule has 90 valence electrons. The van der Waals surface area contributed by atoms with Gasteiger partial charge in [-0.05, 0) is 25.8 Å². The smallest absolute Gasteiger partial charge is 0.225 e. The van der Waals surface area contributed by atoms with E-state index < -0.39 is 0 Å². The molecule has 0 aromatic rings. The number of hydrogen-bond donors (Lipinski definition) is 2. The molecule has 16 heavy (non-hydrogen) atoms. The fraction of sp³-hybridized carbons (Fsp3) is 0.750. The molecule has 2 aliphatic heterocycles. The van der Waals surface area contributed by atoms with Crippen molar-refractivity contribution in [2.24, 2.45) is 5.92 Å². The van der Waals surface area contributed by atoms with Crippen molar-refractivity contribution in [1.82, 2.24) is 10.6 Å². The summed E-state index contributed by atoms with van der Waals surface area (Å²) in [6.07, 6.45) is 5.18. The van der Waals surface area contributed by atoms with Crippen LogP contribution in [0.5, 0.6) is 0 Å². The molecule has 2 aliphatic rings. The maximum Gasteiger partial charge on any atom is 0.225 e. The number of rotatable bonds is 3. The molecule has 0 saturated carbocycles. The third kappa shape index (κ3) is 3.32. The van der Waals surface area contributed by atoms with Crippen molar-refractivity contribution in [3.05, 3.63) is 11.6 Å². The van der Waals surface area contributed by atoms with E-state index in [0.717, 1.165) is 39.0 Å². The normalized spacial score (nSPS) is 26.0. The lowest BCUT2D eigenvalue weighted by atomic mass is 10.0. The molecule has 0 radical (unpaired) electrons. The van der Waals surface area contributed by atoms with Gasteiger partial charge in [0.2, 0.25) is 5.91 Å². The van der Waals surface area contributed by atoms with Crippen molar-refractivity contribution in [2.45, 2.75) is 19.3 Å². The number of nitrogens with one attached hydrogen (secondary N) is 2. The fourth-order valence-electron chi connectivity index (χ4n) is 2.12. The van der Waals surface area contributed by atoms with E-state index in [1.165, 1.54) is 5.57 Å². The molecule has 0 spiro atoms. The number of carbonyl (C=O) groups is 1. The van der Waals surface area contributed by atoms with Gasteiger partial charge in [0.05, 0.1) is 12.5 Å². The number of carbonyl (C=O) groups excluding carboxylic acids is 1.